The molecule has 0 radical (unpaired) electrons. The average molecular weight is 425 g/mol. The van der Waals surface area contributed by atoms with Gasteiger partial charge in [-0.1, -0.05) is 29.8 Å². The molecular formula is C23H24N2O4S. The van der Waals surface area contributed by atoms with Crippen molar-refractivity contribution in [3.05, 3.63) is 60.3 Å². The summed E-state index contributed by atoms with van der Waals surface area (Å²) >= 11 is 0. The van der Waals surface area contributed by atoms with Crippen molar-refractivity contribution in [2.45, 2.75) is 35.3 Å². The number of benzene rings is 2. The minimum atomic E-state index is -3.72. The number of fused-ring (bicyclic) bond motifs is 1. The van der Waals surface area contributed by atoms with Gasteiger partial charge in [0.15, 0.2) is 5.79 Å². The number of ether oxygens (including phenoxy) is 2. The zero-order valence-electron chi connectivity index (χ0n) is 16.9. The van der Waals surface area contributed by atoms with Crippen LogP contribution in [-0.4, -0.2) is 45.5 Å². The van der Waals surface area contributed by atoms with E-state index in [-0.39, 0.29) is 9.79 Å². The van der Waals surface area contributed by atoms with Gasteiger partial charge in [0.05, 0.1) is 29.3 Å². The highest BCUT2D eigenvalue weighted by Crippen LogP contribution is 2.40. The van der Waals surface area contributed by atoms with Crippen molar-refractivity contribution in [1.82, 2.24) is 4.98 Å². The number of pyridine rings is 1. The Morgan fingerprint density at radius 1 is 1.00 bits per heavy atom. The standard InChI is InChI=1S/C23H24N2O4S/c1-17-7-8-20-19(15-17)22(25-11-9-23(10-12-25)28-13-14-29-23)21(16-24-20)30(26,27)18-5-3-2-4-6-18/h2-8,15-16H,9-14H2,1H3. The van der Waals surface area contributed by atoms with Crippen LogP contribution in [0.25, 0.3) is 10.9 Å². The van der Waals surface area contributed by atoms with Gasteiger partial charge in [-0.25, -0.2) is 8.42 Å². The Morgan fingerprint density at radius 2 is 1.70 bits per heavy atom. The number of hydrogen-bond acceptors (Lipinski definition) is 6. The molecule has 2 saturated heterocycles. The first kappa shape index (κ1) is 19.5. The second-order valence-electron chi connectivity index (χ2n) is 7.90. The number of nitrogens with zero attached hydrogens (tertiary/aromatic N) is 2. The lowest BCUT2D eigenvalue weighted by Gasteiger charge is -2.39. The molecule has 7 heteroatoms. The minimum absolute atomic E-state index is 0.246. The molecule has 3 heterocycles. The summed E-state index contributed by atoms with van der Waals surface area (Å²) in [5.41, 5.74) is 2.58. The lowest BCUT2D eigenvalue weighted by molar-refractivity contribution is -0.169. The van der Waals surface area contributed by atoms with Gasteiger partial charge in [-0.15, -0.1) is 0 Å². The van der Waals surface area contributed by atoms with E-state index in [2.05, 4.69) is 9.88 Å². The first-order valence-corrected chi connectivity index (χ1v) is 11.7. The third kappa shape index (κ3) is 3.27. The molecule has 30 heavy (non-hydrogen) atoms. The average Bonchev–Trinajstić information content (AvgIpc) is 3.22. The maximum Gasteiger partial charge on any atom is 0.210 e. The van der Waals surface area contributed by atoms with Gasteiger partial charge in [0.25, 0.3) is 0 Å². The van der Waals surface area contributed by atoms with E-state index in [1.807, 2.05) is 31.2 Å². The number of aromatic nitrogens is 1. The van der Waals surface area contributed by atoms with Crippen LogP contribution in [0, 0.1) is 6.92 Å². The Balaban J connectivity index is 1.65. The second-order valence-corrected chi connectivity index (χ2v) is 9.82. The van der Waals surface area contributed by atoms with Crippen LogP contribution < -0.4 is 4.90 Å². The van der Waals surface area contributed by atoms with Gasteiger partial charge in [0.1, 0.15) is 4.90 Å². The van der Waals surface area contributed by atoms with E-state index >= 15 is 0 Å². The van der Waals surface area contributed by atoms with E-state index in [1.54, 1.807) is 24.3 Å². The molecule has 0 aliphatic carbocycles. The highest BCUT2D eigenvalue weighted by atomic mass is 32.2. The molecule has 2 aromatic carbocycles. The summed E-state index contributed by atoms with van der Waals surface area (Å²) in [6.45, 7) is 4.55. The number of sulfone groups is 1. The fourth-order valence-electron chi connectivity index (χ4n) is 4.38. The summed E-state index contributed by atoms with van der Waals surface area (Å²) in [4.78, 5) is 7.15. The second kappa shape index (κ2) is 7.34. The zero-order chi connectivity index (χ0) is 20.8. The summed E-state index contributed by atoms with van der Waals surface area (Å²) in [6, 6.07) is 14.5. The molecule has 5 rings (SSSR count). The highest BCUT2D eigenvalue weighted by molar-refractivity contribution is 7.91. The Labute approximate surface area is 176 Å². The first-order valence-electron chi connectivity index (χ1n) is 10.2. The van der Waals surface area contributed by atoms with Crippen molar-refractivity contribution in [3.8, 4) is 0 Å². The predicted molar refractivity (Wildman–Crippen MR) is 114 cm³/mol. The molecule has 0 bridgehead atoms. The summed E-state index contributed by atoms with van der Waals surface area (Å²) in [5, 5.41) is 0.858. The van der Waals surface area contributed by atoms with Crippen LogP contribution in [-0.2, 0) is 19.3 Å². The molecule has 0 saturated carbocycles. The van der Waals surface area contributed by atoms with Crippen molar-refractivity contribution in [2.24, 2.45) is 0 Å². The Kier molecular flexibility index (Phi) is 4.76. The Morgan fingerprint density at radius 3 is 2.40 bits per heavy atom. The highest BCUT2D eigenvalue weighted by Gasteiger charge is 2.41. The SMILES string of the molecule is Cc1ccc2ncc(S(=O)(=O)c3ccccc3)c(N3CCC4(CC3)OCCO4)c2c1. The van der Waals surface area contributed by atoms with Crippen LogP contribution >= 0.6 is 0 Å². The molecule has 2 aliphatic rings. The molecule has 0 atom stereocenters. The van der Waals surface area contributed by atoms with Crippen LogP contribution in [0.5, 0.6) is 0 Å². The maximum atomic E-state index is 13.6. The summed E-state index contributed by atoms with van der Waals surface area (Å²) in [5.74, 6) is -0.520. The van der Waals surface area contributed by atoms with Crippen molar-refractivity contribution < 1.29 is 17.9 Å². The molecule has 1 spiro atoms. The van der Waals surface area contributed by atoms with Crippen LogP contribution in [0.4, 0.5) is 5.69 Å². The summed E-state index contributed by atoms with van der Waals surface area (Å²) in [6.07, 6.45) is 2.91. The van der Waals surface area contributed by atoms with Crippen molar-refractivity contribution in [3.63, 3.8) is 0 Å². The smallest absolute Gasteiger partial charge is 0.210 e. The molecule has 1 aromatic heterocycles. The first-order chi connectivity index (χ1) is 14.5. The van der Waals surface area contributed by atoms with Gasteiger partial charge in [0.2, 0.25) is 9.84 Å². The van der Waals surface area contributed by atoms with Crippen LogP contribution in [0.1, 0.15) is 18.4 Å². The van der Waals surface area contributed by atoms with Gasteiger partial charge >= 0.3 is 0 Å². The molecule has 0 amide bonds. The van der Waals surface area contributed by atoms with Gasteiger partial charge < -0.3 is 14.4 Å². The molecule has 0 unspecified atom stereocenters. The van der Waals surface area contributed by atoms with Crippen molar-refractivity contribution in [2.75, 3.05) is 31.2 Å². The quantitative estimate of drug-likeness (QED) is 0.638. The lowest BCUT2D eigenvalue weighted by Crippen LogP contribution is -2.45. The van der Waals surface area contributed by atoms with Crippen LogP contribution in [0.2, 0.25) is 0 Å². The lowest BCUT2D eigenvalue weighted by atomic mass is 10.0. The zero-order valence-corrected chi connectivity index (χ0v) is 17.7. The molecule has 6 nitrogen and oxygen atoms in total. The van der Waals surface area contributed by atoms with Crippen LogP contribution in [0.15, 0.2) is 64.5 Å². The van der Waals surface area contributed by atoms with E-state index < -0.39 is 15.6 Å². The molecule has 0 N–H and O–H groups in total. The molecule has 3 aromatic rings. The Hall–Kier alpha value is -2.48. The monoisotopic (exact) mass is 424 g/mol. The van der Waals surface area contributed by atoms with Crippen LogP contribution in [0.3, 0.4) is 0 Å². The largest absolute Gasteiger partial charge is 0.369 e. The van der Waals surface area contributed by atoms with E-state index in [1.165, 1.54) is 6.20 Å². The topological polar surface area (TPSA) is 68.7 Å². The number of aryl methyl sites for hydroxylation is 1. The van der Waals surface area contributed by atoms with E-state index in [0.29, 0.717) is 39.1 Å². The third-order valence-electron chi connectivity index (χ3n) is 5.96. The number of piperidine rings is 1. The molecule has 2 aliphatic heterocycles. The van der Waals surface area contributed by atoms with E-state index in [9.17, 15) is 8.42 Å². The van der Waals surface area contributed by atoms with E-state index in [4.69, 9.17) is 9.47 Å². The molecule has 156 valence electrons. The fraction of sp³-hybridized carbons (Fsp3) is 0.348. The number of hydrogen-bond donors (Lipinski definition) is 0. The van der Waals surface area contributed by atoms with Gasteiger partial charge in [-0.2, -0.15) is 0 Å². The third-order valence-corrected chi connectivity index (χ3v) is 7.73. The maximum absolute atomic E-state index is 13.6. The number of anilines is 1. The van der Waals surface area contributed by atoms with Crippen molar-refractivity contribution >= 4 is 26.4 Å². The van der Waals surface area contributed by atoms with Gasteiger partial charge in [-0.05, 0) is 31.2 Å². The molecule has 2 fully saturated rings. The minimum Gasteiger partial charge on any atom is -0.369 e. The van der Waals surface area contributed by atoms with E-state index in [0.717, 1.165) is 22.2 Å². The summed E-state index contributed by atoms with van der Waals surface area (Å²) in [7, 11) is -3.72. The predicted octanol–water partition coefficient (Wildman–Crippen LogP) is 3.72. The van der Waals surface area contributed by atoms with Gasteiger partial charge in [0, 0.05) is 37.5 Å². The normalized spacial score (nSPS) is 18.9. The Bertz CT molecular complexity index is 1180. The number of rotatable bonds is 3. The molecular weight excluding hydrogens is 400 g/mol. The fourth-order valence-corrected chi connectivity index (χ4v) is 5.83. The van der Waals surface area contributed by atoms with Crippen molar-refractivity contribution in [1.29, 1.82) is 0 Å². The summed E-state index contributed by atoms with van der Waals surface area (Å²) < 4.78 is 38.8. The van der Waals surface area contributed by atoms with Gasteiger partial charge in [-0.3, -0.25) is 4.98 Å².